The Bertz CT molecular complexity index is 1500. The summed E-state index contributed by atoms with van der Waals surface area (Å²) in [5.74, 6) is -0.0908. The van der Waals surface area contributed by atoms with Gasteiger partial charge >= 0.3 is 0 Å². The Balaban J connectivity index is 1.57. The molecule has 3 aromatic carbocycles. The van der Waals surface area contributed by atoms with Crippen LogP contribution in [0.25, 0.3) is 22.2 Å². The summed E-state index contributed by atoms with van der Waals surface area (Å²) in [6.07, 6.45) is 7.24. The van der Waals surface area contributed by atoms with Gasteiger partial charge < -0.3 is 19.5 Å². The molecule has 4 aromatic rings. The second-order valence-electron chi connectivity index (χ2n) is 11.3. The Morgan fingerprint density at radius 3 is 2.26 bits per heavy atom. The summed E-state index contributed by atoms with van der Waals surface area (Å²) >= 11 is 0. The Kier molecular flexibility index (Phi) is 11.4. The van der Waals surface area contributed by atoms with E-state index < -0.39 is 0 Å². The number of anilines is 1. The van der Waals surface area contributed by atoms with Crippen LogP contribution in [-0.4, -0.2) is 46.5 Å². The van der Waals surface area contributed by atoms with Crippen LogP contribution in [0.2, 0.25) is 0 Å². The van der Waals surface area contributed by atoms with E-state index in [4.69, 9.17) is 0 Å². The average Bonchev–Trinajstić information content (AvgIpc) is 3.30. The molecule has 1 aromatic heterocycles. The lowest BCUT2D eigenvalue weighted by molar-refractivity contribution is -0.130. The Morgan fingerprint density at radius 1 is 0.860 bits per heavy atom. The molecule has 0 spiro atoms. The van der Waals surface area contributed by atoms with Crippen molar-refractivity contribution in [2.24, 2.45) is 0 Å². The van der Waals surface area contributed by atoms with Gasteiger partial charge in [-0.1, -0.05) is 62.9 Å². The summed E-state index contributed by atoms with van der Waals surface area (Å²) in [5, 5.41) is 11.3. The van der Waals surface area contributed by atoms with Crippen molar-refractivity contribution in [3.05, 3.63) is 84.2 Å². The highest BCUT2D eigenvalue weighted by Gasteiger charge is 2.26. The summed E-state index contributed by atoms with van der Waals surface area (Å²) < 4.78 is 16.1. The first-order chi connectivity index (χ1) is 20.8. The van der Waals surface area contributed by atoms with Crippen LogP contribution in [0.5, 0.6) is 5.75 Å². The van der Waals surface area contributed by atoms with Crippen LogP contribution in [-0.2, 0) is 16.1 Å². The number of aromatic hydroxyl groups is 1. The van der Waals surface area contributed by atoms with Gasteiger partial charge in [0.05, 0.1) is 16.9 Å². The minimum Gasteiger partial charge on any atom is -0.508 e. The normalized spacial score (nSPS) is 11.2. The van der Waals surface area contributed by atoms with Gasteiger partial charge in [0.15, 0.2) is 0 Å². The fraction of sp³-hybridized carbons (Fsp3) is 0.389. The second-order valence-corrected chi connectivity index (χ2v) is 11.3. The predicted molar refractivity (Wildman–Crippen MR) is 173 cm³/mol. The molecule has 0 bridgehead atoms. The number of hydrogen-bond donors (Lipinski definition) is 1. The number of phenols is 1. The summed E-state index contributed by atoms with van der Waals surface area (Å²) in [5.41, 5.74) is 4.30. The fourth-order valence-electron chi connectivity index (χ4n) is 5.64. The largest absolute Gasteiger partial charge is 0.508 e. The van der Waals surface area contributed by atoms with Crippen molar-refractivity contribution >= 4 is 28.4 Å². The number of amides is 2. The number of phenolic OH excluding ortho intramolecular Hbond substituents is 1. The minimum absolute atomic E-state index is 0.0915. The molecule has 0 unspecified atom stereocenters. The number of halogens is 1. The molecule has 43 heavy (non-hydrogen) atoms. The highest BCUT2D eigenvalue weighted by atomic mass is 19.1. The number of aromatic nitrogens is 1. The van der Waals surface area contributed by atoms with E-state index in [9.17, 15) is 19.1 Å². The van der Waals surface area contributed by atoms with Gasteiger partial charge in [-0.25, -0.2) is 4.39 Å². The lowest BCUT2D eigenvalue weighted by atomic mass is 10.1. The molecular weight excluding hydrogens is 541 g/mol. The van der Waals surface area contributed by atoms with E-state index in [-0.39, 0.29) is 23.4 Å². The molecule has 0 saturated carbocycles. The maximum absolute atomic E-state index is 14.0. The van der Waals surface area contributed by atoms with E-state index in [2.05, 4.69) is 23.6 Å². The third-order valence-corrected chi connectivity index (χ3v) is 8.02. The highest BCUT2D eigenvalue weighted by molar-refractivity contribution is 6.09. The van der Waals surface area contributed by atoms with Crippen molar-refractivity contribution in [2.75, 3.05) is 25.0 Å². The Labute approximate surface area is 254 Å². The maximum Gasteiger partial charge on any atom is 0.223 e. The summed E-state index contributed by atoms with van der Waals surface area (Å²) in [6, 6.07) is 21.7. The fourth-order valence-corrected chi connectivity index (χ4v) is 5.64. The number of benzene rings is 3. The van der Waals surface area contributed by atoms with Crippen LogP contribution in [0.3, 0.4) is 0 Å². The predicted octanol–water partition coefficient (Wildman–Crippen LogP) is 8.15. The first kappa shape index (κ1) is 31.8. The van der Waals surface area contributed by atoms with Gasteiger partial charge in [-0.05, 0) is 67.3 Å². The molecule has 1 N–H and O–H groups in total. The zero-order chi connectivity index (χ0) is 30.8. The van der Waals surface area contributed by atoms with Crippen LogP contribution in [0.4, 0.5) is 10.1 Å². The highest BCUT2D eigenvalue weighted by Crippen LogP contribution is 2.42. The summed E-state index contributed by atoms with van der Waals surface area (Å²) in [6.45, 7) is 5.57. The van der Waals surface area contributed by atoms with Gasteiger partial charge in [-0.3, -0.25) is 9.59 Å². The molecular formula is C36H44FN3O3. The molecule has 7 heteroatoms. The van der Waals surface area contributed by atoms with Gasteiger partial charge in [-0.15, -0.1) is 0 Å². The molecule has 0 aliphatic rings. The van der Waals surface area contributed by atoms with E-state index >= 15 is 0 Å². The van der Waals surface area contributed by atoms with Crippen molar-refractivity contribution < 1.29 is 19.1 Å². The molecule has 1 heterocycles. The van der Waals surface area contributed by atoms with E-state index in [1.165, 1.54) is 12.1 Å². The number of fused-ring (bicyclic) bond motifs is 1. The molecule has 0 saturated heterocycles. The van der Waals surface area contributed by atoms with Gasteiger partial charge in [0.2, 0.25) is 11.8 Å². The van der Waals surface area contributed by atoms with E-state index in [1.807, 2.05) is 36.2 Å². The third-order valence-electron chi connectivity index (χ3n) is 8.02. The van der Waals surface area contributed by atoms with E-state index in [0.717, 1.165) is 84.9 Å². The number of unbranched alkanes of at least 4 members (excludes halogenated alkanes) is 5. The molecule has 0 atom stereocenters. The SMILES string of the molecule is CCCCN(C)C(=O)CCCCCCCN(C(C)=O)c1c(-c2ccc(F)cc2)n(Cc2ccccc2)c2ccc(O)cc12. The minimum atomic E-state index is -0.327. The zero-order valence-corrected chi connectivity index (χ0v) is 25.7. The number of rotatable bonds is 15. The Hall–Kier alpha value is -4.13. The third kappa shape index (κ3) is 8.25. The average molecular weight is 586 g/mol. The van der Waals surface area contributed by atoms with Gasteiger partial charge in [0.1, 0.15) is 11.6 Å². The molecule has 4 rings (SSSR count). The smallest absolute Gasteiger partial charge is 0.223 e. The molecule has 0 fully saturated rings. The monoisotopic (exact) mass is 585 g/mol. The van der Waals surface area contributed by atoms with E-state index in [1.54, 1.807) is 36.1 Å². The van der Waals surface area contributed by atoms with Crippen molar-refractivity contribution in [2.45, 2.75) is 71.8 Å². The number of carbonyl (C=O) groups is 2. The number of hydrogen-bond acceptors (Lipinski definition) is 3. The summed E-state index contributed by atoms with van der Waals surface area (Å²) in [7, 11) is 1.88. The van der Waals surface area contributed by atoms with Crippen LogP contribution < -0.4 is 4.90 Å². The first-order valence-corrected chi connectivity index (χ1v) is 15.5. The van der Waals surface area contributed by atoms with Gasteiger partial charge in [-0.2, -0.15) is 0 Å². The lowest BCUT2D eigenvalue weighted by Crippen LogP contribution is -2.30. The van der Waals surface area contributed by atoms with Gasteiger partial charge in [0.25, 0.3) is 0 Å². The molecule has 2 amide bonds. The van der Waals surface area contributed by atoms with Crippen molar-refractivity contribution in [1.29, 1.82) is 0 Å². The molecule has 6 nitrogen and oxygen atoms in total. The summed E-state index contributed by atoms with van der Waals surface area (Å²) in [4.78, 5) is 29.2. The van der Waals surface area contributed by atoms with Crippen molar-refractivity contribution in [3.8, 4) is 17.0 Å². The van der Waals surface area contributed by atoms with Gasteiger partial charge in [0, 0.05) is 51.0 Å². The number of carbonyl (C=O) groups excluding carboxylic acids is 2. The second kappa shape index (κ2) is 15.4. The van der Waals surface area contributed by atoms with E-state index in [0.29, 0.717) is 19.5 Å². The Morgan fingerprint density at radius 2 is 1.56 bits per heavy atom. The van der Waals surface area contributed by atoms with Crippen LogP contribution >= 0.6 is 0 Å². The number of nitrogens with zero attached hydrogens (tertiary/aromatic N) is 3. The van der Waals surface area contributed by atoms with Crippen LogP contribution in [0.1, 0.15) is 70.8 Å². The standard InChI is InChI=1S/C36H44FN3O3/c1-4-5-23-38(3)34(43)16-12-7-6-8-13-24-39(27(2)41)36-32-25-31(42)21-22-33(32)40(26-28-14-10-9-11-15-28)35(36)29-17-19-30(37)20-18-29/h9-11,14-15,17-22,25,42H,4-8,12-13,16,23-24,26H2,1-3H3. The molecule has 0 aliphatic heterocycles. The van der Waals surface area contributed by atoms with Crippen molar-refractivity contribution in [3.63, 3.8) is 0 Å². The first-order valence-electron chi connectivity index (χ1n) is 15.5. The van der Waals surface area contributed by atoms with Crippen molar-refractivity contribution in [1.82, 2.24) is 9.47 Å². The molecule has 228 valence electrons. The maximum atomic E-state index is 14.0. The molecule has 0 radical (unpaired) electrons. The quantitative estimate of drug-likeness (QED) is 0.143. The lowest BCUT2D eigenvalue weighted by Gasteiger charge is -2.23. The molecule has 0 aliphatic carbocycles. The van der Waals surface area contributed by atoms with Crippen LogP contribution in [0.15, 0.2) is 72.8 Å². The topological polar surface area (TPSA) is 65.8 Å². The van der Waals surface area contributed by atoms with Crippen LogP contribution in [0, 0.1) is 5.82 Å². The zero-order valence-electron chi connectivity index (χ0n) is 25.7.